The summed E-state index contributed by atoms with van der Waals surface area (Å²) in [5, 5.41) is 8.32. The van der Waals surface area contributed by atoms with Gasteiger partial charge in [-0.3, -0.25) is 9.05 Å². The van der Waals surface area contributed by atoms with E-state index < -0.39 is 23.5 Å². The first-order valence-electron chi connectivity index (χ1n) is 2.33. The smallest absolute Gasteiger partial charge is 0.344 e. The van der Waals surface area contributed by atoms with Crippen molar-refractivity contribution < 1.29 is 28.3 Å². The van der Waals surface area contributed by atoms with Gasteiger partial charge in [-0.25, -0.2) is 4.31 Å². The van der Waals surface area contributed by atoms with Crippen molar-refractivity contribution in [2.24, 2.45) is 0 Å². The summed E-state index contributed by atoms with van der Waals surface area (Å²) < 4.78 is 13.6. The second-order valence-corrected chi connectivity index (χ2v) is 3.41. The SMILES string of the molecule is OCC1OP(OP(O)O)O1. The molecule has 1 heterocycles. The fourth-order valence-electron chi connectivity index (χ4n) is 0.365. The second-order valence-electron chi connectivity index (χ2n) is 1.38. The maximum atomic E-state index is 8.32. The van der Waals surface area contributed by atoms with E-state index in [0.717, 1.165) is 0 Å². The Morgan fingerprint density at radius 1 is 1.50 bits per heavy atom. The van der Waals surface area contributed by atoms with Crippen molar-refractivity contribution in [3.05, 3.63) is 0 Å². The van der Waals surface area contributed by atoms with Gasteiger partial charge in [-0.15, -0.1) is 0 Å². The Hall–Kier alpha value is 0.620. The van der Waals surface area contributed by atoms with Gasteiger partial charge in [0.2, 0.25) is 0 Å². The van der Waals surface area contributed by atoms with E-state index in [1.54, 1.807) is 0 Å². The predicted octanol–water partition coefficient (Wildman–Crippen LogP) is -0.193. The minimum absolute atomic E-state index is 0.253. The molecule has 1 rings (SSSR count). The lowest BCUT2D eigenvalue weighted by atomic mass is 10.7. The molecule has 0 atom stereocenters. The van der Waals surface area contributed by atoms with Crippen molar-refractivity contribution in [1.82, 2.24) is 0 Å². The van der Waals surface area contributed by atoms with Gasteiger partial charge in [-0.1, -0.05) is 0 Å². The number of hydrogen-bond donors (Lipinski definition) is 3. The highest BCUT2D eigenvalue weighted by atomic mass is 31.2. The average molecular weight is 188 g/mol. The van der Waals surface area contributed by atoms with Crippen LogP contribution in [0.4, 0.5) is 0 Å². The Labute approximate surface area is 59.3 Å². The second kappa shape index (κ2) is 3.85. The predicted molar refractivity (Wildman–Crippen MR) is 32.4 cm³/mol. The molecular weight excluding hydrogens is 182 g/mol. The zero-order valence-electron chi connectivity index (χ0n) is 4.75. The summed E-state index contributed by atoms with van der Waals surface area (Å²) in [5.41, 5.74) is 0. The van der Waals surface area contributed by atoms with Crippen molar-refractivity contribution in [2.75, 3.05) is 6.61 Å². The van der Waals surface area contributed by atoms with E-state index in [9.17, 15) is 0 Å². The van der Waals surface area contributed by atoms with Crippen LogP contribution in [-0.2, 0) is 13.4 Å². The van der Waals surface area contributed by atoms with E-state index >= 15 is 0 Å². The van der Waals surface area contributed by atoms with Gasteiger partial charge in [-0.05, 0) is 0 Å². The topological polar surface area (TPSA) is 88.4 Å². The van der Waals surface area contributed by atoms with E-state index in [4.69, 9.17) is 14.9 Å². The van der Waals surface area contributed by atoms with Gasteiger partial charge in [0.15, 0.2) is 6.29 Å². The Bertz CT molecular complexity index is 102. The van der Waals surface area contributed by atoms with Crippen molar-refractivity contribution in [2.45, 2.75) is 6.29 Å². The molecule has 0 amide bonds. The molecule has 0 aliphatic carbocycles. The minimum atomic E-state index is -2.42. The zero-order chi connectivity index (χ0) is 7.56. The molecule has 6 nitrogen and oxygen atoms in total. The molecule has 1 aliphatic rings. The molecule has 10 heavy (non-hydrogen) atoms. The summed E-state index contributed by atoms with van der Waals surface area (Å²) >= 11 is 0. The molecule has 60 valence electrons. The third-order valence-electron chi connectivity index (χ3n) is 0.696. The lowest BCUT2D eigenvalue weighted by Crippen LogP contribution is -2.26. The van der Waals surface area contributed by atoms with Crippen LogP contribution in [-0.4, -0.2) is 27.8 Å². The summed E-state index contributed by atoms with van der Waals surface area (Å²) in [5.74, 6) is 0. The van der Waals surface area contributed by atoms with Crippen LogP contribution in [0.2, 0.25) is 0 Å². The first-order chi connectivity index (χ1) is 4.72. The van der Waals surface area contributed by atoms with Gasteiger partial charge in [0.25, 0.3) is 0 Å². The molecule has 0 saturated carbocycles. The van der Waals surface area contributed by atoms with Crippen LogP contribution >= 0.6 is 17.2 Å². The average Bonchev–Trinajstić information content (AvgIpc) is 1.76. The molecule has 0 bridgehead atoms. The van der Waals surface area contributed by atoms with Crippen LogP contribution in [0.25, 0.3) is 0 Å². The van der Waals surface area contributed by atoms with E-state index in [1.165, 1.54) is 0 Å². The summed E-state index contributed by atoms with van der Waals surface area (Å²) in [4.78, 5) is 16.5. The van der Waals surface area contributed by atoms with Gasteiger partial charge < -0.3 is 14.9 Å². The first-order valence-corrected chi connectivity index (χ1v) is 4.59. The van der Waals surface area contributed by atoms with Gasteiger partial charge in [0.1, 0.15) is 0 Å². The number of aliphatic hydroxyl groups excluding tert-OH is 1. The highest BCUT2D eigenvalue weighted by molar-refractivity contribution is 7.55. The normalized spacial score (nSPS) is 32.4. The van der Waals surface area contributed by atoms with Crippen molar-refractivity contribution >= 4 is 17.2 Å². The van der Waals surface area contributed by atoms with E-state index in [2.05, 4.69) is 13.4 Å². The van der Waals surface area contributed by atoms with Crippen molar-refractivity contribution in [3.63, 3.8) is 0 Å². The summed E-state index contributed by atoms with van der Waals surface area (Å²) in [6.45, 7) is -0.253. The third kappa shape index (κ3) is 2.34. The van der Waals surface area contributed by atoms with Gasteiger partial charge >= 0.3 is 17.2 Å². The lowest BCUT2D eigenvalue weighted by molar-refractivity contribution is -0.116. The highest BCUT2D eigenvalue weighted by Gasteiger charge is 2.35. The van der Waals surface area contributed by atoms with E-state index in [1.807, 2.05) is 0 Å². The Kier molecular flexibility index (Phi) is 3.36. The Balaban J connectivity index is 2.03. The standard InChI is InChI=1S/C2H6O6P2/c3-1-2-6-10(7-2)8-9(4)5/h2-5H,1H2. The largest absolute Gasteiger partial charge is 0.391 e. The molecule has 1 aliphatic heterocycles. The Morgan fingerprint density at radius 3 is 2.50 bits per heavy atom. The van der Waals surface area contributed by atoms with Gasteiger partial charge in [0, 0.05) is 0 Å². The number of aliphatic hydroxyl groups is 1. The number of rotatable bonds is 3. The van der Waals surface area contributed by atoms with Crippen LogP contribution in [0, 0.1) is 0 Å². The van der Waals surface area contributed by atoms with Crippen molar-refractivity contribution in [3.8, 4) is 0 Å². The molecule has 0 radical (unpaired) electrons. The molecule has 1 saturated heterocycles. The minimum Gasteiger partial charge on any atom is -0.391 e. The molecule has 0 aromatic rings. The fourth-order valence-corrected chi connectivity index (χ4v) is 1.68. The molecule has 0 aromatic heterocycles. The highest BCUT2D eigenvalue weighted by Crippen LogP contribution is 2.58. The fraction of sp³-hybridized carbons (Fsp3) is 1.00. The van der Waals surface area contributed by atoms with Gasteiger partial charge in [0.05, 0.1) is 6.61 Å². The van der Waals surface area contributed by atoms with Crippen LogP contribution in [0.3, 0.4) is 0 Å². The van der Waals surface area contributed by atoms with E-state index in [0.29, 0.717) is 0 Å². The summed E-state index contributed by atoms with van der Waals surface area (Å²) in [6.07, 6.45) is -0.666. The summed E-state index contributed by atoms with van der Waals surface area (Å²) in [6, 6.07) is 0. The Morgan fingerprint density at radius 2 is 2.10 bits per heavy atom. The quantitative estimate of drug-likeness (QED) is 0.531. The third-order valence-corrected chi connectivity index (χ3v) is 2.63. The maximum absolute atomic E-state index is 8.32. The van der Waals surface area contributed by atoms with Crippen molar-refractivity contribution in [1.29, 1.82) is 0 Å². The zero-order valence-corrected chi connectivity index (χ0v) is 6.53. The van der Waals surface area contributed by atoms with Crippen LogP contribution < -0.4 is 0 Å². The molecular formula is C2H6O6P2. The molecule has 8 heteroatoms. The molecule has 0 spiro atoms. The van der Waals surface area contributed by atoms with Crippen LogP contribution in [0.15, 0.2) is 0 Å². The molecule has 1 fully saturated rings. The molecule has 3 N–H and O–H groups in total. The monoisotopic (exact) mass is 188 g/mol. The van der Waals surface area contributed by atoms with E-state index in [-0.39, 0.29) is 6.61 Å². The molecule has 0 unspecified atom stereocenters. The molecule has 0 aromatic carbocycles. The summed E-state index contributed by atoms with van der Waals surface area (Å²) in [7, 11) is -4.03. The van der Waals surface area contributed by atoms with Crippen LogP contribution in [0.1, 0.15) is 0 Å². The van der Waals surface area contributed by atoms with Gasteiger partial charge in [-0.2, -0.15) is 0 Å². The maximum Gasteiger partial charge on any atom is 0.344 e. The first kappa shape index (κ1) is 8.71. The van der Waals surface area contributed by atoms with Crippen LogP contribution in [0.5, 0.6) is 0 Å². The number of hydrogen-bond acceptors (Lipinski definition) is 6. The lowest BCUT2D eigenvalue weighted by Gasteiger charge is -2.31.